The Hall–Kier alpha value is -1.26. The highest BCUT2D eigenvalue weighted by Crippen LogP contribution is 2.27. The van der Waals surface area contributed by atoms with Crippen molar-refractivity contribution in [1.82, 2.24) is 0 Å². The van der Waals surface area contributed by atoms with Crippen LogP contribution in [0.1, 0.15) is 5.56 Å². The highest BCUT2D eigenvalue weighted by Gasteiger charge is 2.08. The van der Waals surface area contributed by atoms with Gasteiger partial charge in [-0.2, -0.15) is 0 Å². The van der Waals surface area contributed by atoms with Crippen LogP contribution in [0.3, 0.4) is 0 Å². The lowest BCUT2D eigenvalue weighted by Crippen LogP contribution is -2.17. The zero-order chi connectivity index (χ0) is 14.0. The van der Waals surface area contributed by atoms with E-state index in [2.05, 4.69) is 15.9 Å². The molecule has 0 heterocycles. The molecule has 0 aliphatic carbocycles. The van der Waals surface area contributed by atoms with Crippen LogP contribution in [0.4, 0.5) is 15.8 Å². The quantitative estimate of drug-likeness (QED) is 0.834. The van der Waals surface area contributed by atoms with E-state index in [0.717, 1.165) is 15.7 Å². The summed E-state index contributed by atoms with van der Waals surface area (Å²) in [6.07, 6.45) is 0. The van der Waals surface area contributed by atoms with Crippen molar-refractivity contribution in [1.29, 1.82) is 0 Å². The molecule has 0 saturated carbocycles. The Balaban J connectivity index is 2.20. The minimum absolute atomic E-state index is 0.134. The lowest BCUT2D eigenvalue weighted by atomic mass is 10.2. The maximum absolute atomic E-state index is 13.1. The van der Waals surface area contributed by atoms with Crippen LogP contribution in [0.25, 0.3) is 0 Å². The Labute approximate surface area is 125 Å². The summed E-state index contributed by atoms with van der Waals surface area (Å²) in [7, 11) is 1.93. The molecule has 19 heavy (non-hydrogen) atoms. The summed E-state index contributed by atoms with van der Waals surface area (Å²) in [4.78, 5) is 1.99. The topological polar surface area (TPSA) is 29.3 Å². The van der Waals surface area contributed by atoms with Gasteiger partial charge in [0, 0.05) is 18.1 Å². The molecule has 0 spiro atoms. The predicted octanol–water partition coefficient (Wildman–Crippen LogP) is 4.46. The standard InChI is InChI=1S/C14H13BrClFN2/c1-19(14-5-3-10(15)7-13(14)18)8-9-2-4-12(17)11(16)6-9/h2-7H,8,18H2,1H3. The van der Waals surface area contributed by atoms with Crippen LogP contribution in [0.15, 0.2) is 40.9 Å². The number of nitrogen functional groups attached to an aromatic ring is 1. The zero-order valence-electron chi connectivity index (χ0n) is 10.3. The number of hydrogen-bond acceptors (Lipinski definition) is 2. The molecular weight excluding hydrogens is 331 g/mol. The predicted molar refractivity (Wildman–Crippen MR) is 82.1 cm³/mol. The number of rotatable bonds is 3. The van der Waals surface area contributed by atoms with Crippen molar-refractivity contribution in [3.63, 3.8) is 0 Å². The van der Waals surface area contributed by atoms with Gasteiger partial charge in [0.05, 0.1) is 16.4 Å². The van der Waals surface area contributed by atoms with Gasteiger partial charge in [0.1, 0.15) is 5.82 Å². The lowest BCUT2D eigenvalue weighted by Gasteiger charge is -2.21. The van der Waals surface area contributed by atoms with E-state index in [1.165, 1.54) is 6.07 Å². The van der Waals surface area contributed by atoms with Crippen molar-refractivity contribution >= 4 is 38.9 Å². The lowest BCUT2D eigenvalue weighted by molar-refractivity contribution is 0.627. The number of nitrogens with zero attached hydrogens (tertiary/aromatic N) is 1. The second kappa shape index (κ2) is 5.80. The van der Waals surface area contributed by atoms with E-state index in [0.29, 0.717) is 12.2 Å². The van der Waals surface area contributed by atoms with Crippen LogP contribution < -0.4 is 10.6 Å². The van der Waals surface area contributed by atoms with Crippen LogP contribution in [-0.2, 0) is 6.54 Å². The summed E-state index contributed by atoms with van der Waals surface area (Å²) in [5.41, 5.74) is 8.50. The molecule has 0 unspecified atom stereocenters. The third-order valence-electron chi connectivity index (χ3n) is 2.80. The van der Waals surface area contributed by atoms with E-state index in [-0.39, 0.29) is 5.02 Å². The van der Waals surface area contributed by atoms with Crippen molar-refractivity contribution in [3.8, 4) is 0 Å². The van der Waals surface area contributed by atoms with Gasteiger partial charge >= 0.3 is 0 Å². The molecule has 2 rings (SSSR count). The molecule has 0 aliphatic heterocycles. The number of anilines is 2. The van der Waals surface area contributed by atoms with Crippen molar-refractivity contribution in [2.24, 2.45) is 0 Å². The summed E-state index contributed by atoms with van der Waals surface area (Å²) >= 11 is 9.14. The Kier molecular flexibility index (Phi) is 4.32. The Morgan fingerprint density at radius 1 is 1.26 bits per heavy atom. The molecule has 5 heteroatoms. The van der Waals surface area contributed by atoms with Crippen LogP contribution in [0.5, 0.6) is 0 Å². The van der Waals surface area contributed by atoms with Gasteiger partial charge in [-0.15, -0.1) is 0 Å². The highest BCUT2D eigenvalue weighted by atomic mass is 79.9. The van der Waals surface area contributed by atoms with Crippen LogP contribution in [-0.4, -0.2) is 7.05 Å². The first-order valence-electron chi connectivity index (χ1n) is 5.67. The minimum atomic E-state index is -0.406. The summed E-state index contributed by atoms with van der Waals surface area (Å²) in [5.74, 6) is -0.406. The molecule has 0 aliphatic rings. The largest absolute Gasteiger partial charge is 0.397 e. The maximum atomic E-state index is 13.1. The van der Waals surface area contributed by atoms with E-state index >= 15 is 0 Å². The van der Waals surface area contributed by atoms with Gasteiger partial charge in [-0.1, -0.05) is 33.6 Å². The zero-order valence-corrected chi connectivity index (χ0v) is 12.7. The highest BCUT2D eigenvalue weighted by molar-refractivity contribution is 9.10. The first-order chi connectivity index (χ1) is 8.97. The molecule has 2 N–H and O–H groups in total. The summed E-state index contributed by atoms with van der Waals surface area (Å²) in [5, 5.41) is 0.134. The van der Waals surface area contributed by atoms with Crippen molar-refractivity contribution < 1.29 is 4.39 Å². The molecular formula is C14H13BrClFN2. The van der Waals surface area contributed by atoms with Crippen LogP contribution >= 0.6 is 27.5 Å². The summed E-state index contributed by atoms with van der Waals surface area (Å²) in [6, 6.07) is 10.4. The van der Waals surface area contributed by atoms with Crippen LogP contribution in [0, 0.1) is 5.82 Å². The first-order valence-corrected chi connectivity index (χ1v) is 6.84. The fourth-order valence-corrected chi connectivity index (χ4v) is 2.45. The number of nitrogens with two attached hydrogens (primary N) is 1. The van der Waals surface area contributed by atoms with E-state index in [4.69, 9.17) is 17.3 Å². The van der Waals surface area contributed by atoms with Gasteiger partial charge in [-0.25, -0.2) is 4.39 Å². The monoisotopic (exact) mass is 342 g/mol. The second-order valence-corrected chi connectivity index (χ2v) is 5.63. The third kappa shape index (κ3) is 3.39. The van der Waals surface area contributed by atoms with Gasteiger partial charge < -0.3 is 10.6 Å². The molecule has 0 bridgehead atoms. The summed E-state index contributed by atoms with van der Waals surface area (Å²) < 4.78 is 14.0. The Bertz CT molecular complexity index is 604. The van der Waals surface area contributed by atoms with Gasteiger partial charge in [-0.05, 0) is 35.9 Å². The normalized spacial score (nSPS) is 10.5. The average molecular weight is 344 g/mol. The van der Waals surface area contributed by atoms with Crippen molar-refractivity contribution in [2.75, 3.05) is 17.7 Å². The number of halogens is 3. The number of hydrogen-bond donors (Lipinski definition) is 1. The fraction of sp³-hybridized carbons (Fsp3) is 0.143. The van der Waals surface area contributed by atoms with Crippen molar-refractivity contribution in [3.05, 3.63) is 57.3 Å². The SMILES string of the molecule is CN(Cc1ccc(F)c(Cl)c1)c1ccc(Br)cc1N. The van der Waals surface area contributed by atoms with Gasteiger partial charge in [-0.3, -0.25) is 0 Å². The van der Waals surface area contributed by atoms with Crippen molar-refractivity contribution in [2.45, 2.75) is 6.54 Å². The smallest absolute Gasteiger partial charge is 0.141 e. The molecule has 0 atom stereocenters. The second-order valence-electron chi connectivity index (χ2n) is 4.31. The third-order valence-corrected chi connectivity index (χ3v) is 3.59. The molecule has 0 saturated heterocycles. The molecule has 0 fully saturated rings. The van der Waals surface area contributed by atoms with Gasteiger partial charge in [0.25, 0.3) is 0 Å². The molecule has 2 aromatic carbocycles. The van der Waals surface area contributed by atoms with E-state index < -0.39 is 5.82 Å². The molecule has 0 aromatic heterocycles. The number of benzene rings is 2. The molecule has 100 valence electrons. The van der Waals surface area contributed by atoms with Gasteiger partial charge in [0.2, 0.25) is 0 Å². The molecule has 2 aromatic rings. The summed E-state index contributed by atoms with van der Waals surface area (Å²) in [6.45, 7) is 0.603. The molecule has 0 radical (unpaired) electrons. The van der Waals surface area contributed by atoms with E-state index in [9.17, 15) is 4.39 Å². The fourth-order valence-electron chi connectivity index (χ4n) is 1.87. The first kappa shape index (κ1) is 14.2. The van der Waals surface area contributed by atoms with E-state index in [1.807, 2.05) is 30.1 Å². The average Bonchev–Trinajstić information content (AvgIpc) is 2.33. The Morgan fingerprint density at radius 2 is 2.00 bits per heavy atom. The molecule has 2 nitrogen and oxygen atoms in total. The minimum Gasteiger partial charge on any atom is -0.397 e. The van der Waals surface area contributed by atoms with Crippen LogP contribution in [0.2, 0.25) is 5.02 Å². The Morgan fingerprint density at radius 3 is 2.63 bits per heavy atom. The molecule has 0 amide bonds. The van der Waals surface area contributed by atoms with E-state index in [1.54, 1.807) is 12.1 Å². The maximum Gasteiger partial charge on any atom is 0.141 e. The van der Waals surface area contributed by atoms with Gasteiger partial charge in [0.15, 0.2) is 0 Å².